The number of piperazine rings is 1. The molecule has 31 heavy (non-hydrogen) atoms. The third kappa shape index (κ3) is 5.49. The van der Waals surface area contributed by atoms with E-state index in [1.807, 2.05) is 23.1 Å². The van der Waals surface area contributed by atoms with Crippen LogP contribution < -0.4 is 5.32 Å². The van der Waals surface area contributed by atoms with Gasteiger partial charge in [0, 0.05) is 44.0 Å². The summed E-state index contributed by atoms with van der Waals surface area (Å²) in [5.41, 5.74) is 2.32. The zero-order valence-corrected chi connectivity index (χ0v) is 17.2. The van der Waals surface area contributed by atoms with E-state index in [1.165, 1.54) is 11.8 Å². The van der Waals surface area contributed by atoms with Crippen LogP contribution in [0.4, 0.5) is 5.69 Å². The van der Waals surface area contributed by atoms with Gasteiger partial charge in [-0.2, -0.15) is 0 Å². The number of anilines is 1. The van der Waals surface area contributed by atoms with Gasteiger partial charge in [0.15, 0.2) is 5.76 Å². The van der Waals surface area contributed by atoms with E-state index in [1.54, 1.807) is 36.4 Å². The zero-order valence-electron chi connectivity index (χ0n) is 17.2. The van der Waals surface area contributed by atoms with Gasteiger partial charge < -0.3 is 14.6 Å². The first-order chi connectivity index (χ1) is 15.2. The molecule has 0 spiro atoms. The predicted octanol–water partition coefficient (Wildman–Crippen LogP) is 4.00. The van der Waals surface area contributed by atoms with Gasteiger partial charge in [-0.15, -0.1) is 0 Å². The second-order valence-electron chi connectivity index (χ2n) is 7.42. The van der Waals surface area contributed by atoms with Crippen molar-refractivity contribution >= 4 is 23.6 Å². The van der Waals surface area contributed by atoms with E-state index in [9.17, 15) is 9.59 Å². The molecule has 2 heterocycles. The fourth-order valence-corrected chi connectivity index (χ4v) is 3.55. The summed E-state index contributed by atoms with van der Waals surface area (Å²) in [6.07, 6.45) is 5.74. The molecule has 0 atom stereocenters. The van der Waals surface area contributed by atoms with Crippen LogP contribution in [0.5, 0.6) is 0 Å². The Morgan fingerprint density at radius 2 is 1.74 bits per heavy atom. The first kappa shape index (κ1) is 20.6. The van der Waals surface area contributed by atoms with E-state index in [0.29, 0.717) is 24.3 Å². The number of rotatable bonds is 6. The molecule has 2 aromatic carbocycles. The minimum absolute atomic E-state index is 0.0198. The van der Waals surface area contributed by atoms with Crippen LogP contribution in [0, 0.1) is 0 Å². The number of benzene rings is 2. The van der Waals surface area contributed by atoms with Crippen molar-refractivity contribution < 1.29 is 14.0 Å². The van der Waals surface area contributed by atoms with E-state index >= 15 is 0 Å². The highest BCUT2D eigenvalue weighted by Crippen LogP contribution is 2.16. The van der Waals surface area contributed by atoms with Gasteiger partial charge in [0.1, 0.15) is 0 Å². The van der Waals surface area contributed by atoms with Gasteiger partial charge in [-0.3, -0.25) is 14.5 Å². The summed E-state index contributed by atoms with van der Waals surface area (Å²) in [4.78, 5) is 29.3. The molecule has 6 nitrogen and oxygen atoms in total. The van der Waals surface area contributed by atoms with Crippen LogP contribution in [0.1, 0.15) is 26.5 Å². The van der Waals surface area contributed by atoms with Crippen LogP contribution in [-0.4, -0.2) is 54.3 Å². The Hall–Kier alpha value is -3.64. The van der Waals surface area contributed by atoms with Gasteiger partial charge in [-0.05, 0) is 35.9 Å². The van der Waals surface area contributed by atoms with Gasteiger partial charge in [0.25, 0.3) is 11.8 Å². The second kappa shape index (κ2) is 9.91. The maximum atomic E-state index is 12.9. The van der Waals surface area contributed by atoms with E-state index in [2.05, 4.69) is 34.5 Å². The van der Waals surface area contributed by atoms with Crippen LogP contribution in [0.2, 0.25) is 0 Å². The van der Waals surface area contributed by atoms with Gasteiger partial charge in [-0.25, -0.2) is 0 Å². The summed E-state index contributed by atoms with van der Waals surface area (Å²) in [6.45, 7) is 3.90. The highest BCUT2D eigenvalue weighted by atomic mass is 16.3. The number of furan rings is 1. The zero-order chi connectivity index (χ0) is 21.5. The molecule has 2 amide bonds. The lowest BCUT2D eigenvalue weighted by molar-refractivity contribution is 0.0650. The minimum atomic E-state index is -0.341. The van der Waals surface area contributed by atoms with Crippen LogP contribution in [0.25, 0.3) is 6.08 Å². The number of carbonyl (C=O) groups is 2. The monoisotopic (exact) mass is 415 g/mol. The highest BCUT2D eigenvalue weighted by molar-refractivity contribution is 6.03. The summed E-state index contributed by atoms with van der Waals surface area (Å²) in [5, 5.41) is 2.77. The molecular formula is C25H25N3O3. The molecule has 158 valence electrons. The fraction of sp³-hybridized carbons (Fsp3) is 0.200. The summed E-state index contributed by atoms with van der Waals surface area (Å²) < 4.78 is 5.11. The number of hydrogen-bond donors (Lipinski definition) is 1. The van der Waals surface area contributed by atoms with E-state index in [0.717, 1.165) is 19.6 Å². The third-order valence-corrected chi connectivity index (χ3v) is 5.25. The topological polar surface area (TPSA) is 65.8 Å². The Balaban J connectivity index is 1.29. The molecule has 3 aromatic rings. The number of hydrogen-bond acceptors (Lipinski definition) is 4. The van der Waals surface area contributed by atoms with Crippen molar-refractivity contribution in [3.63, 3.8) is 0 Å². The Kier molecular flexibility index (Phi) is 6.59. The van der Waals surface area contributed by atoms with Crippen LogP contribution >= 0.6 is 0 Å². The van der Waals surface area contributed by atoms with Crippen LogP contribution in [0.15, 0.2) is 83.5 Å². The molecule has 0 radical (unpaired) electrons. The maximum Gasteiger partial charge on any atom is 0.291 e. The number of nitrogens with one attached hydrogen (secondary N) is 1. The lowest BCUT2D eigenvalue weighted by Crippen LogP contribution is -2.48. The molecule has 0 bridgehead atoms. The summed E-state index contributed by atoms with van der Waals surface area (Å²) in [6, 6.07) is 20.5. The van der Waals surface area contributed by atoms with Crippen molar-refractivity contribution in [2.24, 2.45) is 0 Å². The van der Waals surface area contributed by atoms with E-state index in [4.69, 9.17) is 4.42 Å². The first-order valence-electron chi connectivity index (χ1n) is 10.4. The summed E-state index contributed by atoms with van der Waals surface area (Å²) >= 11 is 0. The van der Waals surface area contributed by atoms with Gasteiger partial charge in [0.05, 0.1) is 6.26 Å². The Morgan fingerprint density at radius 1 is 0.935 bits per heavy atom. The molecule has 1 fully saturated rings. The number of carbonyl (C=O) groups excluding carboxylic acids is 2. The largest absolute Gasteiger partial charge is 0.459 e. The minimum Gasteiger partial charge on any atom is -0.459 e. The smallest absolute Gasteiger partial charge is 0.291 e. The molecule has 1 aromatic heterocycles. The van der Waals surface area contributed by atoms with Crippen LogP contribution in [-0.2, 0) is 0 Å². The Morgan fingerprint density at radius 3 is 2.48 bits per heavy atom. The average Bonchev–Trinajstić information content (AvgIpc) is 3.35. The molecule has 0 aliphatic carbocycles. The summed E-state index contributed by atoms with van der Waals surface area (Å²) in [5.74, 6) is -0.130. The van der Waals surface area contributed by atoms with E-state index < -0.39 is 0 Å². The lowest BCUT2D eigenvalue weighted by Gasteiger charge is -2.34. The molecule has 1 N–H and O–H groups in total. The van der Waals surface area contributed by atoms with Crippen LogP contribution in [0.3, 0.4) is 0 Å². The van der Waals surface area contributed by atoms with Gasteiger partial charge >= 0.3 is 0 Å². The molecule has 1 aliphatic heterocycles. The highest BCUT2D eigenvalue weighted by Gasteiger charge is 2.22. The Bertz CT molecular complexity index is 1040. The number of nitrogens with zero attached hydrogens (tertiary/aromatic N) is 2. The standard InChI is InChI=1S/C25H25N3O3/c29-24(23-12-6-18-31-23)26-22-11-4-10-21(19-22)25(30)28-16-14-27(15-17-28)13-5-9-20-7-2-1-3-8-20/h1-12,18-19H,13-17H2,(H,26,29)/b9-5+. The molecule has 1 saturated heterocycles. The first-order valence-corrected chi connectivity index (χ1v) is 10.4. The molecule has 4 rings (SSSR count). The third-order valence-electron chi connectivity index (χ3n) is 5.25. The second-order valence-corrected chi connectivity index (χ2v) is 7.42. The normalized spacial score (nSPS) is 14.6. The van der Waals surface area contributed by atoms with Crippen molar-refractivity contribution in [2.45, 2.75) is 0 Å². The van der Waals surface area contributed by atoms with Gasteiger partial charge in [0.2, 0.25) is 0 Å². The van der Waals surface area contributed by atoms with Crippen molar-refractivity contribution in [1.29, 1.82) is 0 Å². The maximum absolute atomic E-state index is 12.9. The predicted molar refractivity (Wildman–Crippen MR) is 121 cm³/mol. The Labute approximate surface area is 181 Å². The number of amides is 2. The van der Waals surface area contributed by atoms with E-state index in [-0.39, 0.29) is 17.6 Å². The molecule has 0 saturated carbocycles. The molecule has 1 aliphatic rings. The average molecular weight is 415 g/mol. The van der Waals surface area contributed by atoms with Gasteiger partial charge in [-0.1, -0.05) is 48.6 Å². The fourth-order valence-electron chi connectivity index (χ4n) is 3.55. The van der Waals surface area contributed by atoms with Crippen molar-refractivity contribution in [3.8, 4) is 0 Å². The lowest BCUT2D eigenvalue weighted by atomic mass is 10.1. The SMILES string of the molecule is O=C(Nc1cccc(C(=O)N2CCN(C/C=C/c3ccccc3)CC2)c1)c1ccco1. The molecular weight excluding hydrogens is 390 g/mol. The quantitative estimate of drug-likeness (QED) is 0.661. The molecule has 0 unspecified atom stereocenters. The molecule has 6 heteroatoms. The van der Waals surface area contributed by atoms with Crippen molar-refractivity contribution in [2.75, 3.05) is 38.0 Å². The van der Waals surface area contributed by atoms with Crippen molar-refractivity contribution in [3.05, 3.63) is 96.0 Å². The van der Waals surface area contributed by atoms with Crippen molar-refractivity contribution in [1.82, 2.24) is 9.80 Å². The summed E-state index contributed by atoms with van der Waals surface area (Å²) in [7, 11) is 0.